The van der Waals surface area contributed by atoms with Crippen LogP contribution in [-0.2, 0) is 22.3 Å². The third-order valence-corrected chi connectivity index (χ3v) is 3.92. The van der Waals surface area contributed by atoms with Gasteiger partial charge in [0.05, 0.1) is 0 Å². The van der Waals surface area contributed by atoms with E-state index in [1.165, 1.54) is 24.2 Å². The van der Waals surface area contributed by atoms with E-state index in [4.69, 9.17) is 5.14 Å². The van der Waals surface area contributed by atoms with E-state index in [2.05, 4.69) is 10.3 Å². The van der Waals surface area contributed by atoms with Crippen LogP contribution in [0.25, 0.3) is 0 Å². The number of rotatable bonds is 5. The molecule has 0 saturated heterocycles. The van der Waals surface area contributed by atoms with Crippen molar-refractivity contribution in [3.8, 4) is 0 Å². The number of nitrogens with zero attached hydrogens (tertiary/aromatic N) is 1. The summed E-state index contributed by atoms with van der Waals surface area (Å²) in [5.74, 6) is -0.166. The molecule has 0 spiro atoms. The zero-order chi connectivity index (χ0) is 10.9. The predicted octanol–water partition coefficient (Wildman–Crippen LogP) is 0.184. The second kappa shape index (κ2) is 4.17. The predicted molar refractivity (Wildman–Crippen MR) is 58.8 cm³/mol. The maximum atomic E-state index is 10.8. The Hall–Kier alpha value is -0.500. The molecule has 0 radical (unpaired) electrons. The van der Waals surface area contributed by atoms with Crippen molar-refractivity contribution in [1.82, 2.24) is 10.3 Å². The molecule has 15 heavy (non-hydrogen) atoms. The number of primary sulfonamides is 1. The summed E-state index contributed by atoms with van der Waals surface area (Å²) < 4.78 is 21.6. The fourth-order valence-corrected chi connectivity index (χ4v) is 3.02. The van der Waals surface area contributed by atoms with Crippen molar-refractivity contribution < 1.29 is 8.42 Å². The van der Waals surface area contributed by atoms with Gasteiger partial charge in [-0.05, 0) is 12.8 Å². The summed E-state index contributed by atoms with van der Waals surface area (Å²) in [6, 6.07) is 0.647. The van der Waals surface area contributed by atoms with Crippen LogP contribution in [-0.4, -0.2) is 19.4 Å². The van der Waals surface area contributed by atoms with Gasteiger partial charge in [0.1, 0.15) is 10.8 Å². The Balaban J connectivity index is 1.90. The van der Waals surface area contributed by atoms with Crippen LogP contribution in [0.4, 0.5) is 0 Å². The quantitative estimate of drug-likeness (QED) is 0.777. The van der Waals surface area contributed by atoms with Gasteiger partial charge in [-0.1, -0.05) is 0 Å². The number of hydrogen-bond acceptors (Lipinski definition) is 5. The van der Waals surface area contributed by atoms with Gasteiger partial charge in [-0.3, -0.25) is 0 Å². The summed E-state index contributed by atoms with van der Waals surface area (Å²) in [5, 5.41) is 8.83. The van der Waals surface area contributed by atoms with Crippen molar-refractivity contribution in [2.75, 3.05) is 0 Å². The first-order valence-electron chi connectivity index (χ1n) is 4.70. The summed E-state index contributed by atoms with van der Waals surface area (Å²) >= 11 is 1.40. The van der Waals surface area contributed by atoms with E-state index in [9.17, 15) is 8.42 Å². The zero-order valence-corrected chi connectivity index (χ0v) is 9.77. The van der Waals surface area contributed by atoms with E-state index in [0.29, 0.717) is 11.0 Å². The van der Waals surface area contributed by atoms with Crippen LogP contribution in [0.2, 0.25) is 0 Å². The monoisotopic (exact) mass is 247 g/mol. The molecular weight excluding hydrogens is 234 g/mol. The van der Waals surface area contributed by atoms with Crippen LogP contribution in [0.5, 0.6) is 0 Å². The normalized spacial score (nSPS) is 16.9. The Labute approximate surface area is 92.8 Å². The number of nitrogens with two attached hydrogens (primary N) is 1. The van der Waals surface area contributed by atoms with Gasteiger partial charge in [-0.2, -0.15) is 0 Å². The zero-order valence-electron chi connectivity index (χ0n) is 8.14. The highest BCUT2D eigenvalue weighted by molar-refractivity contribution is 7.88. The first-order chi connectivity index (χ1) is 7.03. The van der Waals surface area contributed by atoms with Crippen LogP contribution in [0.3, 0.4) is 0 Å². The van der Waals surface area contributed by atoms with Gasteiger partial charge in [-0.15, -0.1) is 11.3 Å². The molecule has 1 aromatic rings. The van der Waals surface area contributed by atoms with Crippen LogP contribution in [0.15, 0.2) is 6.20 Å². The highest BCUT2D eigenvalue weighted by Gasteiger charge is 2.20. The van der Waals surface area contributed by atoms with Crippen molar-refractivity contribution in [2.24, 2.45) is 5.14 Å². The lowest BCUT2D eigenvalue weighted by Crippen LogP contribution is -2.14. The molecule has 0 atom stereocenters. The minimum atomic E-state index is -3.46. The van der Waals surface area contributed by atoms with Crippen LogP contribution in [0, 0.1) is 0 Å². The summed E-state index contributed by atoms with van der Waals surface area (Å²) in [6.45, 7) is 0.771. The topological polar surface area (TPSA) is 85.1 Å². The van der Waals surface area contributed by atoms with Crippen molar-refractivity contribution in [2.45, 2.75) is 31.2 Å². The molecule has 0 aliphatic heterocycles. The molecule has 0 bridgehead atoms. The fraction of sp³-hybridized carbons (Fsp3) is 0.625. The maximum Gasteiger partial charge on any atom is 0.215 e. The smallest absolute Gasteiger partial charge is 0.215 e. The summed E-state index contributed by atoms with van der Waals surface area (Å²) in [4.78, 5) is 5.08. The maximum absolute atomic E-state index is 10.8. The van der Waals surface area contributed by atoms with Crippen molar-refractivity contribution >= 4 is 21.4 Å². The first-order valence-corrected chi connectivity index (χ1v) is 7.23. The fourth-order valence-electron chi connectivity index (χ4n) is 1.20. The van der Waals surface area contributed by atoms with Crippen LogP contribution in [0.1, 0.15) is 22.7 Å². The number of sulfonamides is 1. The molecule has 0 amide bonds. The van der Waals surface area contributed by atoms with Crippen molar-refractivity contribution in [1.29, 1.82) is 0 Å². The first kappa shape index (κ1) is 11.0. The number of hydrogen-bond donors (Lipinski definition) is 2. The molecule has 1 aromatic heterocycles. The van der Waals surface area contributed by atoms with Crippen molar-refractivity contribution in [3.63, 3.8) is 0 Å². The number of thiazole rings is 1. The van der Waals surface area contributed by atoms with E-state index in [1.807, 2.05) is 0 Å². The Bertz CT molecular complexity index is 436. The highest BCUT2D eigenvalue weighted by atomic mass is 32.2. The third-order valence-electron chi connectivity index (χ3n) is 2.07. The SMILES string of the molecule is NS(=O)(=O)Cc1ncc(CNC2CC2)s1. The van der Waals surface area contributed by atoms with Gasteiger partial charge in [-0.25, -0.2) is 18.5 Å². The average Bonchev–Trinajstić information content (AvgIpc) is 2.83. The minimum Gasteiger partial charge on any atom is -0.309 e. The van der Waals surface area contributed by atoms with Crippen LogP contribution < -0.4 is 10.5 Å². The molecule has 2 rings (SSSR count). The summed E-state index contributed by atoms with van der Waals surface area (Å²) in [7, 11) is -3.46. The lowest BCUT2D eigenvalue weighted by Gasteiger charge is -1.97. The standard InChI is InChI=1S/C8H13N3O2S2/c9-15(12,13)5-8-11-4-7(14-8)3-10-6-1-2-6/h4,6,10H,1-3,5H2,(H2,9,12,13). The number of nitrogens with one attached hydrogen (secondary N) is 1. The largest absolute Gasteiger partial charge is 0.309 e. The molecule has 7 heteroatoms. The van der Waals surface area contributed by atoms with Gasteiger partial charge in [0, 0.05) is 23.7 Å². The van der Waals surface area contributed by atoms with Crippen LogP contribution >= 0.6 is 11.3 Å². The third kappa shape index (κ3) is 3.86. The van der Waals surface area contributed by atoms with E-state index < -0.39 is 10.0 Å². The molecule has 5 nitrogen and oxygen atoms in total. The lowest BCUT2D eigenvalue weighted by atomic mass is 10.5. The van der Waals surface area contributed by atoms with Gasteiger partial charge >= 0.3 is 0 Å². The lowest BCUT2D eigenvalue weighted by molar-refractivity contribution is 0.597. The van der Waals surface area contributed by atoms with Gasteiger partial charge < -0.3 is 5.32 Å². The van der Waals surface area contributed by atoms with E-state index >= 15 is 0 Å². The van der Waals surface area contributed by atoms with E-state index in [1.54, 1.807) is 6.20 Å². The summed E-state index contributed by atoms with van der Waals surface area (Å²) in [5.41, 5.74) is 0. The molecule has 84 valence electrons. The molecule has 0 aromatic carbocycles. The summed E-state index contributed by atoms with van der Waals surface area (Å²) in [6.07, 6.45) is 4.19. The Morgan fingerprint density at radius 1 is 1.60 bits per heavy atom. The molecule has 1 saturated carbocycles. The van der Waals surface area contributed by atoms with Gasteiger partial charge in [0.15, 0.2) is 0 Å². The highest BCUT2D eigenvalue weighted by Crippen LogP contribution is 2.21. The minimum absolute atomic E-state index is 0.166. The second-order valence-electron chi connectivity index (χ2n) is 3.68. The second-order valence-corrected chi connectivity index (χ2v) is 6.50. The molecule has 1 heterocycles. The van der Waals surface area contributed by atoms with E-state index in [-0.39, 0.29) is 5.75 Å². The molecular formula is C8H13N3O2S2. The van der Waals surface area contributed by atoms with Gasteiger partial charge in [0.2, 0.25) is 10.0 Å². The molecule has 0 unspecified atom stereocenters. The molecule has 1 aliphatic carbocycles. The average molecular weight is 247 g/mol. The van der Waals surface area contributed by atoms with Crippen molar-refractivity contribution in [3.05, 3.63) is 16.1 Å². The van der Waals surface area contributed by atoms with E-state index in [0.717, 1.165) is 11.4 Å². The molecule has 1 aliphatic rings. The molecule has 3 N–H and O–H groups in total. The Morgan fingerprint density at radius 2 is 2.33 bits per heavy atom. The Morgan fingerprint density at radius 3 is 2.93 bits per heavy atom. The molecule has 1 fully saturated rings. The Kier molecular flexibility index (Phi) is 3.06. The van der Waals surface area contributed by atoms with Gasteiger partial charge in [0.25, 0.3) is 0 Å². The number of aromatic nitrogens is 1.